The summed E-state index contributed by atoms with van der Waals surface area (Å²) in [7, 11) is 1.65. The zero-order chi connectivity index (χ0) is 24.9. The van der Waals surface area contributed by atoms with Crippen molar-refractivity contribution in [2.75, 3.05) is 33.4 Å². The molecule has 1 aromatic heterocycles. The summed E-state index contributed by atoms with van der Waals surface area (Å²) in [6.45, 7) is 6.45. The number of methoxy groups -OCH3 is 1. The van der Waals surface area contributed by atoms with Gasteiger partial charge in [0.25, 0.3) is 5.56 Å². The van der Waals surface area contributed by atoms with Crippen molar-refractivity contribution >= 4 is 22.8 Å². The predicted molar refractivity (Wildman–Crippen MR) is 123 cm³/mol. The number of nitrogens with one attached hydrogen (secondary N) is 1. The number of ether oxygens (including phenoxy) is 2. The van der Waals surface area contributed by atoms with Crippen LogP contribution in [0.4, 0.5) is 0 Å². The van der Waals surface area contributed by atoms with E-state index in [1.807, 2.05) is 48.5 Å². The van der Waals surface area contributed by atoms with E-state index in [9.17, 15) is 4.79 Å². The fraction of sp³-hybridized carbons (Fsp3) is 0.333. The Morgan fingerprint density at radius 2 is 1.74 bits per heavy atom. The number of hydrogen-bond acceptors (Lipinski definition) is 7. The number of rotatable bonds is 10. The molecule has 1 heterocycles. The molecule has 0 amide bonds. The van der Waals surface area contributed by atoms with Gasteiger partial charge in [-0.1, -0.05) is 12.1 Å². The number of carbonyl (C=O) groups excluding carboxylic acids is 1. The first kappa shape index (κ1) is 26.3. The molecule has 0 fully saturated rings. The molecule has 0 saturated carbocycles. The molecule has 182 valence electrons. The Kier molecular flexibility index (Phi) is 10.5. The van der Waals surface area contributed by atoms with E-state index >= 15 is 0 Å². The van der Waals surface area contributed by atoms with Crippen molar-refractivity contribution in [2.24, 2.45) is 0 Å². The van der Waals surface area contributed by atoms with Crippen LogP contribution in [0.25, 0.3) is 10.9 Å². The zero-order valence-corrected chi connectivity index (χ0v) is 19.2. The van der Waals surface area contributed by atoms with Crippen LogP contribution in [0.15, 0.2) is 59.7 Å². The number of likely N-dealkylation sites (N-methyl/N-ethyl adjacent to an activating group) is 1. The average Bonchev–Trinajstić information content (AvgIpc) is 2.85. The molecule has 2 N–H and O–H groups in total. The zero-order valence-electron chi connectivity index (χ0n) is 19.2. The quantitative estimate of drug-likeness (QED) is 0.382. The van der Waals surface area contributed by atoms with Crippen molar-refractivity contribution in [3.8, 4) is 11.5 Å². The monoisotopic (exact) mass is 471 g/mol. The van der Waals surface area contributed by atoms with Crippen LogP contribution in [-0.4, -0.2) is 59.9 Å². The number of aromatic nitrogens is 2. The lowest BCUT2D eigenvalue weighted by Gasteiger charge is -2.18. The van der Waals surface area contributed by atoms with Gasteiger partial charge in [-0.2, -0.15) is 0 Å². The van der Waals surface area contributed by atoms with Crippen LogP contribution >= 0.6 is 0 Å². The number of hydrogen-bond donors (Lipinski definition) is 2. The highest BCUT2D eigenvalue weighted by atomic mass is 16.5. The summed E-state index contributed by atoms with van der Waals surface area (Å²) >= 11 is 0. The molecule has 0 bridgehead atoms. The van der Waals surface area contributed by atoms with E-state index in [-0.39, 0.29) is 5.56 Å². The Hall–Kier alpha value is -3.92. The summed E-state index contributed by atoms with van der Waals surface area (Å²) in [5, 5.41) is 17.0. The second kappa shape index (κ2) is 13.6. The van der Waals surface area contributed by atoms with Gasteiger partial charge in [0.2, 0.25) is 0 Å². The number of aryl methyl sites for hydroxylation is 1. The first-order valence-electron chi connectivity index (χ1n) is 10.8. The minimum absolute atomic E-state index is 0.0338. The average molecular weight is 472 g/mol. The van der Waals surface area contributed by atoms with Gasteiger partial charge in [0.15, 0.2) is 5.97 Å². The first-order chi connectivity index (χ1) is 16.3. The molecule has 0 aliphatic rings. The summed E-state index contributed by atoms with van der Waals surface area (Å²) in [6.07, 6.45) is 2.58. The molecule has 1 unspecified atom stereocenters. The minimum atomic E-state index is -2.07. The summed E-state index contributed by atoms with van der Waals surface area (Å²) in [4.78, 5) is 36.4. The van der Waals surface area contributed by atoms with Crippen molar-refractivity contribution in [3.63, 3.8) is 0 Å². The topological polar surface area (TPSA) is 135 Å². The SMILES string of the molecule is CC[NH+](CCCn1cnc2ccccc2c1=O)CCOc1ccc(OC)cc1.O=C([O-])C(=O)O. The Bertz CT molecular complexity index is 1120. The molecule has 0 aliphatic heterocycles. The summed E-state index contributed by atoms with van der Waals surface area (Å²) in [5.74, 6) is -2.33. The summed E-state index contributed by atoms with van der Waals surface area (Å²) in [6, 6.07) is 15.1. The van der Waals surface area contributed by atoms with Crippen LogP contribution in [0.5, 0.6) is 11.5 Å². The predicted octanol–water partition coefficient (Wildman–Crippen LogP) is -0.400. The van der Waals surface area contributed by atoms with Gasteiger partial charge in [-0.05, 0) is 43.3 Å². The van der Waals surface area contributed by atoms with Gasteiger partial charge in [0, 0.05) is 13.0 Å². The number of quaternary nitrogens is 1. The third-order valence-corrected chi connectivity index (χ3v) is 5.12. The van der Waals surface area contributed by atoms with Gasteiger partial charge in [0.1, 0.15) is 24.7 Å². The molecule has 34 heavy (non-hydrogen) atoms. The largest absolute Gasteiger partial charge is 0.539 e. The molecular formula is C24H29N3O7. The fourth-order valence-corrected chi connectivity index (χ4v) is 3.23. The van der Waals surface area contributed by atoms with E-state index in [4.69, 9.17) is 29.3 Å². The molecule has 0 aliphatic carbocycles. The number of para-hydroxylation sites is 1. The van der Waals surface area contributed by atoms with Crippen molar-refractivity contribution in [1.29, 1.82) is 0 Å². The highest BCUT2D eigenvalue weighted by Gasteiger charge is 2.08. The molecule has 2 aromatic carbocycles. The smallest absolute Gasteiger partial charge is 0.351 e. The van der Waals surface area contributed by atoms with Crippen LogP contribution in [0.2, 0.25) is 0 Å². The second-order valence-electron chi connectivity index (χ2n) is 7.33. The van der Waals surface area contributed by atoms with E-state index in [1.165, 1.54) is 4.90 Å². The van der Waals surface area contributed by atoms with E-state index in [0.717, 1.165) is 43.1 Å². The molecule has 10 nitrogen and oxygen atoms in total. The highest BCUT2D eigenvalue weighted by Crippen LogP contribution is 2.16. The number of benzene rings is 2. The van der Waals surface area contributed by atoms with E-state index in [2.05, 4.69) is 11.9 Å². The maximum Gasteiger partial charge on any atom is 0.351 e. The lowest BCUT2D eigenvalue weighted by molar-refractivity contribution is -0.898. The van der Waals surface area contributed by atoms with Crippen molar-refractivity contribution in [3.05, 3.63) is 65.2 Å². The number of carboxylic acids is 2. The first-order valence-corrected chi connectivity index (χ1v) is 10.8. The standard InChI is InChI=1S/C22H27N3O3.C2H2O4/c1-3-24(15-16-28-19-11-9-18(27-2)10-12-19)13-6-14-25-17-23-21-8-5-4-7-20(21)22(25)26;3-1(4)2(5)6/h4-5,7-12,17H,3,6,13-16H2,1-2H3;(H,3,4)(H,5,6). The Morgan fingerprint density at radius 1 is 1.09 bits per heavy atom. The Balaban J connectivity index is 0.000000604. The second-order valence-corrected chi connectivity index (χ2v) is 7.33. The molecule has 3 aromatic rings. The van der Waals surface area contributed by atoms with Gasteiger partial charge in [-0.25, -0.2) is 9.78 Å². The lowest BCUT2D eigenvalue weighted by Crippen LogP contribution is -3.12. The molecule has 3 rings (SSSR count). The fourth-order valence-electron chi connectivity index (χ4n) is 3.23. The summed E-state index contributed by atoms with van der Waals surface area (Å²) in [5.41, 5.74) is 0.784. The van der Waals surface area contributed by atoms with Crippen molar-refractivity contribution < 1.29 is 34.2 Å². The van der Waals surface area contributed by atoms with Crippen LogP contribution in [0.3, 0.4) is 0 Å². The third kappa shape index (κ3) is 8.21. The Labute approximate surface area is 197 Å². The highest BCUT2D eigenvalue weighted by molar-refractivity contribution is 6.26. The minimum Gasteiger partial charge on any atom is -0.539 e. The molecule has 0 saturated heterocycles. The molecule has 1 atom stereocenters. The third-order valence-electron chi connectivity index (χ3n) is 5.12. The van der Waals surface area contributed by atoms with Gasteiger partial charge < -0.3 is 29.4 Å². The van der Waals surface area contributed by atoms with Crippen LogP contribution in [-0.2, 0) is 16.1 Å². The van der Waals surface area contributed by atoms with Gasteiger partial charge in [0.05, 0.1) is 37.4 Å². The molecule has 0 spiro atoms. The molecular weight excluding hydrogens is 442 g/mol. The number of nitrogens with zero attached hydrogens (tertiary/aromatic N) is 2. The number of aliphatic carboxylic acids is 2. The lowest BCUT2D eigenvalue weighted by atomic mass is 10.2. The molecule has 0 radical (unpaired) electrons. The van der Waals surface area contributed by atoms with Crippen molar-refractivity contribution in [2.45, 2.75) is 19.9 Å². The van der Waals surface area contributed by atoms with E-state index in [0.29, 0.717) is 18.5 Å². The number of carbonyl (C=O) groups is 2. The van der Waals surface area contributed by atoms with E-state index < -0.39 is 11.9 Å². The molecule has 10 heteroatoms. The Morgan fingerprint density at radius 3 is 2.35 bits per heavy atom. The summed E-state index contributed by atoms with van der Waals surface area (Å²) < 4.78 is 12.7. The van der Waals surface area contributed by atoms with Gasteiger partial charge >= 0.3 is 5.97 Å². The maximum atomic E-state index is 12.5. The van der Waals surface area contributed by atoms with Crippen LogP contribution in [0, 0.1) is 0 Å². The van der Waals surface area contributed by atoms with Crippen molar-refractivity contribution in [1.82, 2.24) is 9.55 Å². The normalized spacial score (nSPS) is 11.2. The van der Waals surface area contributed by atoms with Gasteiger partial charge in [-0.15, -0.1) is 0 Å². The van der Waals surface area contributed by atoms with Crippen LogP contribution < -0.4 is 25.0 Å². The van der Waals surface area contributed by atoms with E-state index in [1.54, 1.807) is 18.0 Å². The van der Waals surface area contributed by atoms with Crippen LogP contribution in [0.1, 0.15) is 13.3 Å². The number of carboxylic acid groups (broad SMARTS) is 2. The van der Waals surface area contributed by atoms with Gasteiger partial charge in [-0.3, -0.25) is 9.36 Å². The number of fused-ring (bicyclic) bond motifs is 1. The maximum absolute atomic E-state index is 12.5.